The Morgan fingerprint density at radius 1 is 1.03 bits per heavy atom. The number of fused-ring (bicyclic) bond motifs is 1. The summed E-state index contributed by atoms with van der Waals surface area (Å²) in [4.78, 5) is 18.1. The fraction of sp³-hybridized carbons (Fsp3) is 0.280. The summed E-state index contributed by atoms with van der Waals surface area (Å²) in [7, 11) is 0. The number of carbonyl (C=O) groups excluding carboxylic acids is 1. The third-order valence-corrected chi connectivity index (χ3v) is 6.28. The van der Waals surface area contributed by atoms with E-state index in [9.17, 15) is 4.79 Å². The lowest BCUT2D eigenvalue weighted by molar-refractivity contribution is 0.181. The summed E-state index contributed by atoms with van der Waals surface area (Å²) in [6.07, 6.45) is 7.86. The number of rotatable bonds is 5. The highest BCUT2D eigenvalue weighted by Gasteiger charge is 2.25. The van der Waals surface area contributed by atoms with E-state index in [4.69, 9.17) is 0 Å². The molecule has 5 rings (SSSR count). The molecule has 158 valence electrons. The van der Waals surface area contributed by atoms with Gasteiger partial charge in [-0.1, -0.05) is 42.5 Å². The molecule has 0 radical (unpaired) electrons. The average molecular weight is 414 g/mol. The topological polar surface area (TPSA) is 66.0 Å². The largest absolute Gasteiger partial charge is 0.361 e. The van der Waals surface area contributed by atoms with Gasteiger partial charge >= 0.3 is 6.03 Å². The molecular weight excluding hydrogens is 386 g/mol. The number of likely N-dealkylation sites (tertiary alicyclic amines) is 1. The zero-order chi connectivity index (χ0) is 21.0. The van der Waals surface area contributed by atoms with Crippen LogP contribution in [0.1, 0.15) is 35.4 Å². The van der Waals surface area contributed by atoms with Crippen molar-refractivity contribution < 1.29 is 4.79 Å². The maximum Gasteiger partial charge on any atom is 0.317 e. The minimum atomic E-state index is 0.0197. The Hall–Kier alpha value is -3.54. The van der Waals surface area contributed by atoms with Gasteiger partial charge in [-0.05, 0) is 47.6 Å². The molecule has 4 aromatic rings. The van der Waals surface area contributed by atoms with E-state index in [0.717, 1.165) is 31.5 Å². The van der Waals surface area contributed by atoms with Crippen LogP contribution in [0, 0.1) is 0 Å². The van der Waals surface area contributed by atoms with Gasteiger partial charge in [0.1, 0.15) is 0 Å². The lowest BCUT2D eigenvalue weighted by Gasteiger charge is -2.32. The molecule has 0 bridgehead atoms. The average Bonchev–Trinajstić information content (AvgIpc) is 3.48. The number of nitrogens with zero attached hydrogens (tertiary/aromatic N) is 3. The summed E-state index contributed by atoms with van der Waals surface area (Å²) in [6, 6.07) is 18.6. The Bertz CT molecular complexity index is 1160. The van der Waals surface area contributed by atoms with Crippen LogP contribution in [0.15, 0.2) is 73.2 Å². The second kappa shape index (κ2) is 8.68. The first-order chi connectivity index (χ1) is 15.3. The lowest BCUT2D eigenvalue weighted by Crippen LogP contribution is -2.43. The van der Waals surface area contributed by atoms with Gasteiger partial charge in [0, 0.05) is 49.1 Å². The summed E-state index contributed by atoms with van der Waals surface area (Å²) in [5, 5.41) is 8.71. The first kappa shape index (κ1) is 19.4. The third kappa shape index (κ3) is 4.19. The first-order valence-corrected chi connectivity index (χ1v) is 10.9. The summed E-state index contributed by atoms with van der Waals surface area (Å²) in [5.74, 6) is 0.495. The maximum absolute atomic E-state index is 12.8. The Morgan fingerprint density at radius 3 is 2.61 bits per heavy atom. The number of para-hydroxylation sites is 1. The highest BCUT2D eigenvalue weighted by molar-refractivity contribution is 5.83. The predicted octanol–water partition coefficient (Wildman–Crippen LogP) is 4.50. The standard InChI is InChI=1S/C25H27N5O/c31-25(27-16-20-6-1-2-7-21(20)18-30-13-5-12-28-30)29-14-10-19(11-15-29)23-17-26-24-9-4-3-8-22(23)24/h1-9,12-13,17,19,26H,10-11,14-16,18H2,(H,27,31). The van der Waals surface area contributed by atoms with Gasteiger partial charge in [-0.3, -0.25) is 4.68 Å². The van der Waals surface area contributed by atoms with Crippen molar-refractivity contribution in [1.29, 1.82) is 0 Å². The molecule has 6 heteroatoms. The van der Waals surface area contributed by atoms with Crippen LogP contribution in [0.4, 0.5) is 4.79 Å². The van der Waals surface area contributed by atoms with Crippen LogP contribution in [-0.2, 0) is 13.1 Å². The van der Waals surface area contributed by atoms with Gasteiger partial charge in [0.2, 0.25) is 0 Å². The normalized spacial score (nSPS) is 14.8. The Balaban J connectivity index is 1.17. The molecule has 2 amide bonds. The van der Waals surface area contributed by atoms with Crippen LogP contribution >= 0.6 is 0 Å². The molecule has 0 saturated carbocycles. The summed E-state index contributed by atoms with van der Waals surface area (Å²) >= 11 is 0. The molecule has 0 atom stereocenters. The molecule has 2 aromatic heterocycles. The number of aromatic amines is 1. The van der Waals surface area contributed by atoms with E-state index in [2.05, 4.69) is 58.0 Å². The van der Waals surface area contributed by atoms with Crippen LogP contribution < -0.4 is 5.32 Å². The molecule has 1 aliphatic rings. The lowest BCUT2D eigenvalue weighted by atomic mass is 9.89. The minimum Gasteiger partial charge on any atom is -0.361 e. The van der Waals surface area contributed by atoms with Crippen molar-refractivity contribution in [3.05, 3.63) is 89.9 Å². The van der Waals surface area contributed by atoms with E-state index in [1.807, 2.05) is 34.0 Å². The Morgan fingerprint density at radius 2 is 1.81 bits per heavy atom. The Labute approximate surface area is 181 Å². The summed E-state index contributed by atoms with van der Waals surface area (Å²) in [5.41, 5.74) is 4.86. The van der Waals surface area contributed by atoms with E-state index < -0.39 is 0 Å². The SMILES string of the molecule is O=C(NCc1ccccc1Cn1cccn1)N1CCC(c2c[nH]c3ccccc23)CC1. The summed E-state index contributed by atoms with van der Waals surface area (Å²) in [6.45, 7) is 2.80. The summed E-state index contributed by atoms with van der Waals surface area (Å²) < 4.78 is 1.90. The molecule has 31 heavy (non-hydrogen) atoms. The van der Waals surface area contributed by atoms with Crippen molar-refractivity contribution in [3.8, 4) is 0 Å². The number of urea groups is 1. The molecular formula is C25H27N5O. The van der Waals surface area contributed by atoms with E-state index in [0.29, 0.717) is 19.0 Å². The number of hydrogen-bond acceptors (Lipinski definition) is 2. The third-order valence-electron chi connectivity index (χ3n) is 6.28. The first-order valence-electron chi connectivity index (χ1n) is 10.9. The van der Waals surface area contributed by atoms with Crippen molar-refractivity contribution in [2.24, 2.45) is 0 Å². The Kier molecular flexibility index (Phi) is 5.44. The fourth-order valence-electron chi connectivity index (χ4n) is 4.56. The maximum atomic E-state index is 12.8. The number of piperidine rings is 1. The van der Waals surface area contributed by atoms with E-state index >= 15 is 0 Å². The molecule has 0 unspecified atom stereocenters. The van der Waals surface area contributed by atoms with Crippen molar-refractivity contribution in [3.63, 3.8) is 0 Å². The minimum absolute atomic E-state index is 0.0197. The van der Waals surface area contributed by atoms with E-state index in [-0.39, 0.29) is 6.03 Å². The van der Waals surface area contributed by atoms with Gasteiger partial charge in [-0.2, -0.15) is 5.10 Å². The molecule has 1 aliphatic heterocycles. The van der Waals surface area contributed by atoms with Crippen molar-refractivity contribution in [1.82, 2.24) is 25.0 Å². The molecule has 3 heterocycles. The predicted molar refractivity (Wildman–Crippen MR) is 122 cm³/mol. The molecule has 1 saturated heterocycles. The fourth-order valence-corrected chi connectivity index (χ4v) is 4.56. The van der Waals surface area contributed by atoms with Gasteiger partial charge < -0.3 is 15.2 Å². The highest BCUT2D eigenvalue weighted by atomic mass is 16.2. The number of nitrogens with one attached hydrogen (secondary N) is 2. The van der Waals surface area contributed by atoms with Crippen LogP contribution in [0.25, 0.3) is 10.9 Å². The number of amides is 2. The molecule has 2 aromatic carbocycles. The van der Waals surface area contributed by atoms with Gasteiger partial charge in [-0.15, -0.1) is 0 Å². The van der Waals surface area contributed by atoms with Gasteiger partial charge in [0.25, 0.3) is 0 Å². The number of H-pyrrole nitrogens is 1. The zero-order valence-electron chi connectivity index (χ0n) is 17.5. The van der Waals surface area contributed by atoms with Crippen LogP contribution in [0.3, 0.4) is 0 Å². The second-order valence-electron chi connectivity index (χ2n) is 8.18. The molecule has 1 fully saturated rings. The van der Waals surface area contributed by atoms with Crippen LogP contribution in [0.2, 0.25) is 0 Å². The highest BCUT2D eigenvalue weighted by Crippen LogP contribution is 2.33. The number of aromatic nitrogens is 3. The van der Waals surface area contributed by atoms with Crippen molar-refractivity contribution in [2.75, 3.05) is 13.1 Å². The quantitative estimate of drug-likeness (QED) is 0.506. The van der Waals surface area contributed by atoms with E-state index in [1.54, 1.807) is 6.20 Å². The van der Waals surface area contributed by atoms with Crippen LogP contribution in [-0.4, -0.2) is 38.8 Å². The molecule has 0 aliphatic carbocycles. The zero-order valence-corrected chi connectivity index (χ0v) is 17.5. The van der Waals surface area contributed by atoms with Crippen molar-refractivity contribution >= 4 is 16.9 Å². The molecule has 0 spiro atoms. The number of benzene rings is 2. The number of hydrogen-bond donors (Lipinski definition) is 2. The van der Waals surface area contributed by atoms with E-state index in [1.165, 1.54) is 22.0 Å². The van der Waals surface area contributed by atoms with Gasteiger partial charge in [0.05, 0.1) is 6.54 Å². The van der Waals surface area contributed by atoms with Gasteiger partial charge in [0.15, 0.2) is 0 Å². The second-order valence-corrected chi connectivity index (χ2v) is 8.18. The smallest absolute Gasteiger partial charge is 0.317 e. The molecule has 2 N–H and O–H groups in total. The monoisotopic (exact) mass is 413 g/mol. The number of carbonyl (C=O) groups is 1. The molecule has 6 nitrogen and oxygen atoms in total. The van der Waals surface area contributed by atoms with Crippen molar-refractivity contribution in [2.45, 2.75) is 31.8 Å². The van der Waals surface area contributed by atoms with Crippen LogP contribution in [0.5, 0.6) is 0 Å². The van der Waals surface area contributed by atoms with Gasteiger partial charge in [-0.25, -0.2) is 4.79 Å².